The number of carbonyl (C=O) groups excluding carboxylic acids is 3. The maximum atomic E-state index is 12.2. The molecule has 12 heteroatoms. The number of benzene rings is 2. The molecule has 3 amide bonds. The van der Waals surface area contributed by atoms with Crippen molar-refractivity contribution >= 4 is 44.3 Å². The second-order valence-corrected chi connectivity index (χ2v) is 9.16. The van der Waals surface area contributed by atoms with Crippen molar-refractivity contribution in [1.82, 2.24) is 15.1 Å². The molecule has 1 unspecified atom stereocenters. The number of fused-ring (bicyclic) bond motifs is 1. The molecule has 1 saturated heterocycles. The Bertz CT molecular complexity index is 1360. The van der Waals surface area contributed by atoms with Crippen LogP contribution in [0.4, 0.5) is 5.69 Å². The van der Waals surface area contributed by atoms with Crippen molar-refractivity contribution in [3.63, 3.8) is 0 Å². The highest BCUT2D eigenvalue weighted by atomic mass is 32.2. The third-order valence-corrected chi connectivity index (χ3v) is 6.19. The van der Waals surface area contributed by atoms with Gasteiger partial charge in [0, 0.05) is 30.6 Å². The van der Waals surface area contributed by atoms with Crippen LogP contribution in [0.5, 0.6) is 5.75 Å². The summed E-state index contributed by atoms with van der Waals surface area (Å²) >= 11 is 0. The molecule has 1 atom stereocenters. The lowest BCUT2D eigenvalue weighted by atomic mass is 9.93. The Kier molecular flexibility index (Phi) is 5.87. The first-order valence-electron chi connectivity index (χ1n) is 9.97. The largest absolute Gasteiger partial charge is 0.484 e. The molecule has 2 aromatic carbocycles. The fourth-order valence-corrected chi connectivity index (χ4v) is 4.16. The number of amides is 3. The summed E-state index contributed by atoms with van der Waals surface area (Å²) in [5.41, 5.74) is 1.70. The van der Waals surface area contributed by atoms with E-state index < -0.39 is 21.8 Å². The smallest absolute Gasteiger partial charge is 0.262 e. The molecule has 1 aliphatic rings. The number of rotatable bonds is 6. The Morgan fingerprint density at radius 2 is 1.97 bits per heavy atom. The Balaban J connectivity index is 1.43. The maximum absolute atomic E-state index is 12.2. The van der Waals surface area contributed by atoms with Crippen LogP contribution in [0.1, 0.15) is 24.5 Å². The van der Waals surface area contributed by atoms with E-state index in [0.29, 0.717) is 29.1 Å². The number of carbonyl (C=O) groups is 3. The third-order valence-electron chi connectivity index (χ3n) is 5.26. The Labute approximate surface area is 188 Å². The predicted octanol–water partition coefficient (Wildman–Crippen LogP) is 0.758. The molecule has 33 heavy (non-hydrogen) atoms. The number of ether oxygens (including phenoxy) is 1. The van der Waals surface area contributed by atoms with Crippen LogP contribution in [-0.2, 0) is 31.5 Å². The number of nitrogens with zero attached hydrogens (tertiary/aromatic N) is 2. The highest BCUT2D eigenvalue weighted by Crippen LogP contribution is 2.31. The summed E-state index contributed by atoms with van der Waals surface area (Å²) in [6.07, 6.45) is 0.656. The average molecular weight is 471 g/mol. The number of imide groups is 1. The highest BCUT2D eigenvalue weighted by Gasteiger charge is 2.31. The minimum atomic E-state index is -3.81. The topological polar surface area (TPSA) is 162 Å². The first-order chi connectivity index (χ1) is 15.6. The Morgan fingerprint density at radius 1 is 1.24 bits per heavy atom. The fraction of sp³-hybridized carbons (Fsp3) is 0.238. The molecule has 4 rings (SSSR count). The van der Waals surface area contributed by atoms with Gasteiger partial charge >= 0.3 is 0 Å². The second kappa shape index (κ2) is 8.64. The fourth-order valence-electron chi connectivity index (χ4n) is 3.64. The van der Waals surface area contributed by atoms with E-state index in [1.807, 2.05) is 0 Å². The normalized spacial score (nSPS) is 16.5. The molecule has 0 spiro atoms. The zero-order valence-electron chi connectivity index (χ0n) is 17.6. The molecule has 172 valence electrons. The van der Waals surface area contributed by atoms with Crippen molar-refractivity contribution in [2.24, 2.45) is 12.2 Å². The van der Waals surface area contributed by atoms with E-state index in [4.69, 9.17) is 9.88 Å². The van der Waals surface area contributed by atoms with Gasteiger partial charge < -0.3 is 10.1 Å². The first kappa shape index (κ1) is 22.4. The van der Waals surface area contributed by atoms with Gasteiger partial charge in [0.15, 0.2) is 6.61 Å². The molecule has 1 fully saturated rings. The van der Waals surface area contributed by atoms with Gasteiger partial charge in [-0.05, 0) is 42.8 Å². The summed E-state index contributed by atoms with van der Waals surface area (Å²) in [7, 11) is -2.07. The van der Waals surface area contributed by atoms with Crippen molar-refractivity contribution < 1.29 is 27.5 Å². The number of piperidine rings is 1. The number of hydrogen-bond donors (Lipinski definition) is 3. The lowest BCUT2D eigenvalue weighted by molar-refractivity contribution is -0.134. The van der Waals surface area contributed by atoms with Crippen LogP contribution in [0.3, 0.4) is 0 Å². The third kappa shape index (κ3) is 4.86. The molecule has 0 radical (unpaired) electrons. The average Bonchev–Trinajstić information content (AvgIpc) is 3.08. The summed E-state index contributed by atoms with van der Waals surface area (Å²) in [5, 5.41) is 15.2. The van der Waals surface area contributed by atoms with E-state index in [9.17, 15) is 22.8 Å². The van der Waals surface area contributed by atoms with Crippen LogP contribution < -0.4 is 20.5 Å². The van der Waals surface area contributed by atoms with E-state index in [1.54, 1.807) is 29.9 Å². The number of aryl methyl sites for hydroxylation is 1. The van der Waals surface area contributed by atoms with E-state index in [0.717, 1.165) is 5.39 Å². The molecule has 4 N–H and O–H groups in total. The minimum Gasteiger partial charge on any atom is -0.484 e. The van der Waals surface area contributed by atoms with Crippen molar-refractivity contribution in [3.05, 3.63) is 48.2 Å². The number of anilines is 1. The van der Waals surface area contributed by atoms with Gasteiger partial charge in [0.2, 0.25) is 21.8 Å². The molecule has 0 aliphatic carbocycles. The summed E-state index contributed by atoms with van der Waals surface area (Å²) in [5.74, 6) is -1.16. The molecule has 2 heterocycles. The van der Waals surface area contributed by atoms with Gasteiger partial charge in [0.1, 0.15) is 5.75 Å². The Hall–Kier alpha value is -3.77. The van der Waals surface area contributed by atoms with Crippen molar-refractivity contribution in [2.45, 2.75) is 23.7 Å². The van der Waals surface area contributed by atoms with Crippen molar-refractivity contribution in [2.75, 3.05) is 11.9 Å². The summed E-state index contributed by atoms with van der Waals surface area (Å²) in [6.45, 7) is -0.277. The van der Waals surface area contributed by atoms with E-state index in [-0.39, 0.29) is 29.7 Å². The summed E-state index contributed by atoms with van der Waals surface area (Å²) in [6, 6.07) is 10.6. The summed E-state index contributed by atoms with van der Waals surface area (Å²) in [4.78, 5) is 35.8. The minimum absolute atomic E-state index is 0.0575. The van der Waals surface area contributed by atoms with Crippen LogP contribution in [0.15, 0.2) is 47.4 Å². The van der Waals surface area contributed by atoms with Crippen LogP contribution in [0.25, 0.3) is 10.9 Å². The van der Waals surface area contributed by atoms with Crippen LogP contribution in [-0.4, -0.2) is 42.5 Å². The van der Waals surface area contributed by atoms with Crippen LogP contribution in [0.2, 0.25) is 0 Å². The molecular formula is C21H21N5O6S. The standard InChI is InChI=1S/C21H21N5O6S/c1-26-17-10-13(4-7-15(17)20(25-26)16-8-9-18(27)24-21(16)29)32-11-19(28)23-12-2-5-14(6-3-12)33(22,30)31/h2-7,10,16H,8-9,11H2,1H3,(H,23,28)(H2,22,30,31)(H,24,27,29). The monoisotopic (exact) mass is 471 g/mol. The molecular weight excluding hydrogens is 450 g/mol. The maximum Gasteiger partial charge on any atom is 0.262 e. The SMILES string of the molecule is Cn1nc(C2CCC(=O)NC2=O)c2ccc(OCC(=O)Nc3ccc(S(N)(=O)=O)cc3)cc21. The van der Waals surface area contributed by atoms with Gasteiger partial charge in [-0.25, -0.2) is 13.6 Å². The number of sulfonamides is 1. The molecule has 1 aliphatic heterocycles. The van der Waals surface area contributed by atoms with Gasteiger partial charge in [-0.1, -0.05) is 0 Å². The van der Waals surface area contributed by atoms with E-state index in [1.165, 1.54) is 24.3 Å². The number of nitrogens with two attached hydrogens (primary N) is 1. The van der Waals surface area contributed by atoms with Gasteiger partial charge in [0.05, 0.1) is 22.0 Å². The van der Waals surface area contributed by atoms with Crippen molar-refractivity contribution in [1.29, 1.82) is 0 Å². The van der Waals surface area contributed by atoms with Gasteiger partial charge in [0.25, 0.3) is 5.91 Å². The number of aromatic nitrogens is 2. The molecule has 1 aromatic heterocycles. The lowest BCUT2D eigenvalue weighted by Gasteiger charge is -2.19. The second-order valence-electron chi connectivity index (χ2n) is 7.60. The lowest BCUT2D eigenvalue weighted by Crippen LogP contribution is -2.39. The zero-order valence-corrected chi connectivity index (χ0v) is 18.4. The zero-order chi connectivity index (χ0) is 23.8. The Morgan fingerprint density at radius 3 is 2.64 bits per heavy atom. The molecule has 3 aromatic rings. The molecule has 11 nitrogen and oxygen atoms in total. The highest BCUT2D eigenvalue weighted by molar-refractivity contribution is 7.89. The predicted molar refractivity (Wildman–Crippen MR) is 118 cm³/mol. The van der Waals surface area contributed by atoms with Crippen LogP contribution >= 0.6 is 0 Å². The van der Waals surface area contributed by atoms with Crippen LogP contribution in [0, 0.1) is 0 Å². The number of hydrogen-bond acceptors (Lipinski definition) is 7. The van der Waals surface area contributed by atoms with Gasteiger partial charge in [-0.3, -0.25) is 24.4 Å². The summed E-state index contributed by atoms with van der Waals surface area (Å²) < 4.78 is 29.8. The van der Waals surface area contributed by atoms with Crippen molar-refractivity contribution in [3.8, 4) is 5.75 Å². The first-order valence-corrected chi connectivity index (χ1v) is 11.5. The van der Waals surface area contributed by atoms with E-state index in [2.05, 4.69) is 15.7 Å². The number of nitrogens with one attached hydrogen (secondary N) is 2. The van der Waals surface area contributed by atoms with Gasteiger partial charge in [-0.2, -0.15) is 5.10 Å². The van der Waals surface area contributed by atoms with E-state index >= 15 is 0 Å². The molecule has 0 saturated carbocycles. The number of primary sulfonamides is 1. The van der Waals surface area contributed by atoms with Gasteiger partial charge in [-0.15, -0.1) is 0 Å². The quantitative estimate of drug-likeness (QED) is 0.447. The molecule has 0 bridgehead atoms.